The molecule has 0 aliphatic rings. The van der Waals surface area contributed by atoms with Crippen molar-refractivity contribution in [3.63, 3.8) is 0 Å². The molecular weight excluding hydrogens is 187 g/mol. The van der Waals surface area contributed by atoms with Gasteiger partial charge >= 0.3 is 0 Å². The second-order valence-corrected chi connectivity index (χ2v) is 3.01. The Morgan fingerprint density at radius 3 is 2.79 bits per heavy atom. The second kappa shape index (κ2) is 4.99. The van der Waals surface area contributed by atoms with Crippen molar-refractivity contribution >= 4 is 0 Å². The highest BCUT2D eigenvalue weighted by atomic mass is 19.1. The lowest BCUT2D eigenvalue weighted by molar-refractivity contribution is 0.0198. The fourth-order valence-electron chi connectivity index (χ4n) is 1.13. The first-order valence-electron chi connectivity index (χ1n) is 4.26. The first kappa shape index (κ1) is 11.0. The first-order valence-corrected chi connectivity index (χ1v) is 4.26. The van der Waals surface area contributed by atoms with Crippen LogP contribution in [0, 0.1) is 5.82 Å². The largest absolute Gasteiger partial charge is 0.389 e. The fraction of sp³-hybridized carbons (Fsp3) is 0.444. The number of likely N-dealkylation sites (N-methyl/N-ethyl adjacent to an activating group) is 1. The van der Waals surface area contributed by atoms with Crippen LogP contribution >= 0.6 is 0 Å². The van der Waals surface area contributed by atoms with E-state index in [0.29, 0.717) is 0 Å². The van der Waals surface area contributed by atoms with E-state index in [0.717, 1.165) is 12.3 Å². The van der Waals surface area contributed by atoms with Gasteiger partial charge in [-0.3, -0.25) is 4.98 Å². The van der Waals surface area contributed by atoms with Gasteiger partial charge in [0.15, 0.2) is 0 Å². The third-order valence-corrected chi connectivity index (χ3v) is 1.85. The number of nitrogens with zero attached hydrogens (tertiary/aromatic N) is 1. The molecule has 4 nitrogen and oxygen atoms in total. The number of hydrogen-bond acceptors (Lipinski definition) is 4. The number of aliphatic hydroxyl groups is 2. The molecule has 0 aliphatic heterocycles. The molecule has 0 radical (unpaired) electrons. The van der Waals surface area contributed by atoms with E-state index in [1.807, 2.05) is 0 Å². The molecule has 0 amide bonds. The standard InChI is InChI=1S/C9H13FN2O2/c1-11-5-8(13)9(14)6-2-7(10)4-12-3-6/h2-4,8-9,11,13-14H,5H2,1H3. The van der Waals surface area contributed by atoms with Gasteiger partial charge in [-0.25, -0.2) is 4.39 Å². The summed E-state index contributed by atoms with van der Waals surface area (Å²) in [5.41, 5.74) is 0.271. The molecule has 1 rings (SSSR count). The predicted octanol–water partition coefficient (Wildman–Crippen LogP) is -0.166. The van der Waals surface area contributed by atoms with E-state index in [1.165, 1.54) is 6.20 Å². The topological polar surface area (TPSA) is 65.4 Å². The van der Waals surface area contributed by atoms with Crippen molar-refractivity contribution in [1.29, 1.82) is 0 Å². The zero-order valence-electron chi connectivity index (χ0n) is 7.81. The maximum atomic E-state index is 12.7. The average molecular weight is 200 g/mol. The Morgan fingerprint density at radius 2 is 2.21 bits per heavy atom. The van der Waals surface area contributed by atoms with Crippen molar-refractivity contribution in [3.8, 4) is 0 Å². The van der Waals surface area contributed by atoms with Gasteiger partial charge in [-0.05, 0) is 13.1 Å². The lowest BCUT2D eigenvalue weighted by atomic mass is 10.1. The summed E-state index contributed by atoms with van der Waals surface area (Å²) in [6.45, 7) is 0.234. The maximum Gasteiger partial charge on any atom is 0.141 e. The van der Waals surface area contributed by atoms with Gasteiger partial charge in [-0.1, -0.05) is 0 Å². The number of rotatable bonds is 4. The van der Waals surface area contributed by atoms with E-state index in [9.17, 15) is 14.6 Å². The minimum absolute atomic E-state index is 0.234. The van der Waals surface area contributed by atoms with Crippen LogP contribution in [-0.2, 0) is 0 Å². The molecule has 0 fully saturated rings. The molecular formula is C9H13FN2O2. The van der Waals surface area contributed by atoms with Crippen LogP contribution in [0.3, 0.4) is 0 Å². The fourth-order valence-corrected chi connectivity index (χ4v) is 1.13. The molecule has 0 saturated heterocycles. The van der Waals surface area contributed by atoms with Crippen molar-refractivity contribution in [3.05, 3.63) is 29.8 Å². The molecule has 0 aliphatic carbocycles. The summed E-state index contributed by atoms with van der Waals surface area (Å²) in [4.78, 5) is 3.58. The maximum absolute atomic E-state index is 12.7. The number of aromatic nitrogens is 1. The summed E-state index contributed by atoms with van der Waals surface area (Å²) >= 11 is 0. The summed E-state index contributed by atoms with van der Waals surface area (Å²) in [6, 6.07) is 1.15. The summed E-state index contributed by atoms with van der Waals surface area (Å²) in [5.74, 6) is -0.529. The van der Waals surface area contributed by atoms with E-state index in [4.69, 9.17) is 0 Å². The Labute approximate surface area is 81.4 Å². The van der Waals surface area contributed by atoms with Crippen LogP contribution in [0.1, 0.15) is 11.7 Å². The number of nitrogens with one attached hydrogen (secondary N) is 1. The van der Waals surface area contributed by atoms with Crippen LogP contribution in [0.15, 0.2) is 18.5 Å². The lowest BCUT2D eigenvalue weighted by Gasteiger charge is -2.17. The monoisotopic (exact) mass is 200 g/mol. The number of aliphatic hydroxyl groups excluding tert-OH is 2. The Morgan fingerprint density at radius 1 is 1.50 bits per heavy atom. The Balaban J connectivity index is 2.73. The minimum Gasteiger partial charge on any atom is -0.389 e. The van der Waals surface area contributed by atoms with E-state index in [2.05, 4.69) is 10.3 Å². The Hall–Kier alpha value is -1.04. The van der Waals surface area contributed by atoms with Crippen molar-refractivity contribution in [1.82, 2.24) is 10.3 Å². The number of pyridine rings is 1. The summed E-state index contributed by atoms with van der Waals surface area (Å²) in [6.07, 6.45) is 0.280. The van der Waals surface area contributed by atoms with Crippen molar-refractivity contribution in [2.45, 2.75) is 12.2 Å². The molecule has 0 saturated carbocycles. The van der Waals surface area contributed by atoms with Crippen LogP contribution in [0.4, 0.5) is 4.39 Å². The Kier molecular flexibility index (Phi) is 3.94. The highest BCUT2D eigenvalue weighted by molar-refractivity contribution is 5.14. The van der Waals surface area contributed by atoms with E-state index >= 15 is 0 Å². The zero-order valence-corrected chi connectivity index (χ0v) is 7.81. The predicted molar refractivity (Wildman–Crippen MR) is 49.1 cm³/mol. The minimum atomic E-state index is -1.12. The van der Waals surface area contributed by atoms with Gasteiger partial charge in [0.05, 0.1) is 12.3 Å². The van der Waals surface area contributed by atoms with E-state index in [-0.39, 0.29) is 12.1 Å². The second-order valence-electron chi connectivity index (χ2n) is 3.01. The van der Waals surface area contributed by atoms with Gasteiger partial charge in [-0.15, -0.1) is 0 Å². The molecule has 14 heavy (non-hydrogen) atoms. The quantitative estimate of drug-likeness (QED) is 0.631. The highest BCUT2D eigenvalue weighted by Crippen LogP contribution is 2.15. The molecule has 78 valence electrons. The van der Waals surface area contributed by atoms with Crippen molar-refractivity contribution in [2.75, 3.05) is 13.6 Å². The molecule has 2 unspecified atom stereocenters. The molecule has 2 atom stereocenters. The molecule has 5 heteroatoms. The van der Waals surface area contributed by atoms with Gasteiger partial charge in [-0.2, -0.15) is 0 Å². The van der Waals surface area contributed by atoms with Gasteiger partial charge in [0.1, 0.15) is 11.9 Å². The molecule has 0 spiro atoms. The highest BCUT2D eigenvalue weighted by Gasteiger charge is 2.17. The zero-order chi connectivity index (χ0) is 10.6. The molecule has 0 bridgehead atoms. The van der Waals surface area contributed by atoms with E-state index < -0.39 is 18.0 Å². The third kappa shape index (κ3) is 2.73. The van der Waals surface area contributed by atoms with Gasteiger partial charge in [0.25, 0.3) is 0 Å². The van der Waals surface area contributed by atoms with Crippen LogP contribution in [0.2, 0.25) is 0 Å². The first-order chi connectivity index (χ1) is 6.65. The summed E-state index contributed by atoms with van der Waals surface area (Å²) in [5, 5.41) is 21.7. The summed E-state index contributed by atoms with van der Waals surface area (Å²) < 4.78 is 12.7. The SMILES string of the molecule is CNCC(O)C(O)c1cncc(F)c1. The van der Waals surface area contributed by atoms with Crippen LogP contribution < -0.4 is 5.32 Å². The summed E-state index contributed by atoms with van der Waals surface area (Å²) in [7, 11) is 1.65. The van der Waals surface area contributed by atoms with Gasteiger partial charge in [0.2, 0.25) is 0 Å². The van der Waals surface area contributed by atoms with Crippen LogP contribution in [0.25, 0.3) is 0 Å². The van der Waals surface area contributed by atoms with Crippen molar-refractivity contribution in [2.24, 2.45) is 0 Å². The van der Waals surface area contributed by atoms with Gasteiger partial charge < -0.3 is 15.5 Å². The smallest absolute Gasteiger partial charge is 0.141 e. The normalized spacial score (nSPS) is 15.1. The Bertz CT molecular complexity index is 296. The average Bonchev–Trinajstić information content (AvgIpc) is 2.17. The molecule has 0 aromatic carbocycles. The molecule has 1 heterocycles. The van der Waals surface area contributed by atoms with Crippen molar-refractivity contribution < 1.29 is 14.6 Å². The lowest BCUT2D eigenvalue weighted by Crippen LogP contribution is -2.29. The number of halogens is 1. The van der Waals surface area contributed by atoms with Crippen LogP contribution in [-0.4, -0.2) is 34.9 Å². The third-order valence-electron chi connectivity index (χ3n) is 1.85. The molecule has 1 aromatic rings. The molecule has 3 N–H and O–H groups in total. The van der Waals surface area contributed by atoms with E-state index in [1.54, 1.807) is 7.05 Å². The van der Waals surface area contributed by atoms with Gasteiger partial charge in [0, 0.05) is 18.3 Å². The van der Waals surface area contributed by atoms with Crippen LogP contribution in [0.5, 0.6) is 0 Å². The number of hydrogen-bond donors (Lipinski definition) is 3. The molecule has 1 aromatic heterocycles.